The summed E-state index contributed by atoms with van der Waals surface area (Å²) in [5.41, 5.74) is 1.11. The van der Waals surface area contributed by atoms with E-state index in [0.29, 0.717) is 0 Å². The van der Waals surface area contributed by atoms with E-state index in [2.05, 4.69) is 19.9 Å². The van der Waals surface area contributed by atoms with Gasteiger partial charge in [-0.25, -0.2) is 9.97 Å². The summed E-state index contributed by atoms with van der Waals surface area (Å²) in [5.74, 6) is 0.968. The number of hydrogen-bond acceptors (Lipinski definition) is 2. The van der Waals surface area contributed by atoms with Crippen LogP contribution in [0.1, 0.15) is 11.5 Å². The SMILES string of the molecule is Cc1cnc[nH]1.Cc1ncc[nH]1. The molecule has 64 valence electrons. The molecular formula is C8H12N4. The Labute approximate surface area is 71.1 Å². The second kappa shape index (κ2) is 4.33. The van der Waals surface area contributed by atoms with Gasteiger partial charge < -0.3 is 9.97 Å². The largest absolute Gasteiger partial charge is 0.349 e. The van der Waals surface area contributed by atoms with E-state index < -0.39 is 0 Å². The highest BCUT2D eigenvalue weighted by Crippen LogP contribution is 1.81. The second-order valence-electron chi connectivity index (χ2n) is 2.41. The van der Waals surface area contributed by atoms with Gasteiger partial charge in [-0.2, -0.15) is 0 Å². The molecule has 0 unspecified atom stereocenters. The maximum absolute atomic E-state index is 3.86. The molecule has 0 fully saturated rings. The number of rotatable bonds is 0. The van der Waals surface area contributed by atoms with Crippen molar-refractivity contribution in [3.8, 4) is 0 Å². The van der Waals surface area contributed by atoms with Crippen LogP contribution in [0.25, 0.3) is 0 Å². The van der Waals surface area contributed by atoms with Crippen molar-refractivity contribution in [2.75, 3.05) is 0 Å². The molecule has 2 heterocycles. The predicted molar refractivity (Wildman–Crippen MR) is 46.6 cm³/mol. The van der Waals surface area contributed by atoms with Gasteiger partial charge in [0.05, 0.1) is 6.33 Å². The number of nitrogens with zero attached hydrogens (tertiary/aromatic N) is 2. The monoisotopic (exact) mass is 164 g/mol. The fraction of sp³-hybridized carbons (Fsp3) is 0.250. The van der Waals surface area contributed by atoms with Gasteiger partial charge in [-0.1, -0.05) is 0 Å². The molecule has 0 radical (unpaired) electrons. The van der Waals surface area contributed by atoms with Gasteiger partial charge in [0.25, 0.3) is 0 Å². The van der Waals surface area contributed by atoms with E-state index in [1.807, 2.05) is 13.8 Å². The highest BCUT2D eigenvalue weighted by molar-refractivity contribution is 4.87. The smallest absolute Gasteiger partial charge is 0.102 e. The molecule has 0 aliphatic heterocycles. The molecule has 2 aromatic heterocycles. The first-order valence-electron chi connectivity index (χ1n) is 3.70. The third-order valence-corrected chi connectivity index (χ3v) is 1.27. The number of hydrogen-bond donors (Lipinski definition) is 2. The molecule has 0 saturated carbocycles. The van der Waals surface area contributed by atoms with Crippen molar-refractivity contribution >= 4 is 0 Å². The van der Waals surface area contributed by atoms with Gasteiger partial charge >= 0.3 is 0 Å². The van der Waals surface area contributed by atoms with Crippen LogP contribution in [0.5, 0.6) is 0 Å². The van der Waals surface area contributed by atoms with Gasteiger partial charge in [0.2, 0.25) is 0 Å². The summed E-state index contributed by atoms with van der Waals surface area (Å²) in [7, 11) is 0. The van der Waals surface area contributed by atoms with Crippen molar-refractivity contribution in [2.45, 2.75) is 13.8 Å². The Balaban J connectivity index is 0.000000120. The third kappa shape index (κ3) is 3.01. The third-order valence-electron chi connectivity index (χ3n) is 1.27. The molecule has 0 spiro atoms. The first-order chi connectivity index (χ1) is 5.79. The van der Waals surface area contributed by atoms with Gasteiger partial charge in [0.15, 0.2) is 0 Å². The van der Waals surface area contributed by atoms with Crippen molar-refractivity contribution in [1.29, 1.82) is 0 Å². The summed E-state index contributed by atoms with van der Waals surface area (Å²) >= 11 is 0. The van der Waals surface area contributed by atoms with Crippen molar-refractivity contribution in [2.24, 2.45) is 0 Å². The lowest BCUT2D eigenvalue weighted by Crippen LogP contribution is -1.66. The van der Waals surface area contributed by atoms with Crippen molar-refractivity contribution in [1.82, 2.24) is 19.9 Å². The molecule has 0 aromatic carbocycles. The minimum absolute atomic E-state index is 0.968. The number of H-pyrrole nitrogens is 2. The Kier molecular flexibility index (Phi) is 3.07. The van der Waals surface area contributed by atoms with E-state index in [9.17, 15) is 0 Å². The highest BCUT2D eigenvalue weighted by Gasteiger charge is 1.74. The van der Waals surface area contributed by atoms with Crippen molar-refractivity contribution in [3.63, 3.8) is 0 Å². The van der Waals surface area contributed by atoms with Gasteiger partial charge in [0, 0.05) is 24.3 Å². The summed E-state index contributed by atoms with van der Waals surface area (Å²) in [6, 6.07) is 0. The Hall–Kier alpha value is -1.58. The lowest BCUT2D eigenvalue weighted by molar-refractivity contribution is 1.15. The van der Waals surface area contributed by atoms with Crippen molar-refractivity contribution in [3.05, 3.63) is 36.4 Å². The number of aromatic amines is 2. The van der Waals surface area contributed by atoms with Gasteiger partial charge in [-0.05, 0) is 13.8 Å². The van der Waals surface area contributed by atoms with Crippen LogP contribution in [0.3, 0.4) is 0 Å². The van der Waals surface area contributed by atoms with E-state index in [1.165, 1.54) is 0 Å². The number of aryl methyl sites for hydroxylation is 2. The molecule has 0 saturated heterocycles. The normalized spacial score (nSPS) is 8.83. The topological polar surface area (TPSA) is 57.4 Å². The first-order valence-corrected chi connectivity index (χ1v) is 3.70. The molecule has 0 amide bonds. The number of nitrogens with one attached hydrogen (secondary N) is 2. The first kappa shape index (κ1) is 8.52. The fourth-order valence-corrected chi connectivity index (χ4v) is 0.670. The van der Waals surface area contributed by atoms with Crippen LogP contribution in [0.4, 0.5) is 0 Å². The molecule has 4 nitrogen and oxygen atoms in total. The zero-order valence-electron chi connectivity index (χ0n) is 7.20. The summed E-state index contributed by atoms with van der Waals surface area (Å²) in [4.78, 5) is 13.4. The summed E-state index contributed by atoms with van der Waals surface area (Å²) in [6.45, 7) is 3.88. The Morgan fingerprint density at radius 2 is 2.08 bits per heavy atom. The molecule has 0 aliphatic carbocycles. The van der Waals surface area contributed by atoms with Crippen LogP contribution in [0, 0.1) is 13.8 Å². The van der Waals surface area contributed by atoms with E-state index in [0.717, 1.165) is 11.5 Å². The van der Waals surface area contributed by atoms with Crippen LogP contribution in [0.15, 0.2) is 24.9 Å². The zero-order valence-corrected chi connectivity index (χ0v) is 7.20. The van der Waals surface area contributed by atoms with Crippen LogP contribution in [-0.4, -0.2) is 19.9 Å². The second-order valence-corrected chi connectivity index (χ2v) is 2.41. The minimum atomic E-state index is 0.968. The van der Waals surface area contributed by atoms with Crippen LogP contribution in [-0.2, 0) is 0 Å². The molecule has 2 aromatic rings. The molecule has 0 atom stereocenters. The molecule has 12 heavy (non-hydrogen) atoms. The van der Waals surface area contributed by atoms with Crippen LogP contribution < -0.4 is 0 Å². The van der Waals surface area contributed by atoms with Crippen LogP contribution in [0.2, 0.25) is 0 Å². The van der Waals surface area contributed by atoms with E-state index in [1.54, 1.807) is 24.9 Å². The molecule has 2 N–H and O–H groups in total. The molecular weight excluding hydrogens is 152 g/mol. The van der Waals surface area contributed by atoms with Crippen molar-refractivity contribution < 1.29 is 0 Å². The molecule has 0 aliphatic rings. The highest BCUT2D eigenvalue weighted by atomic mass is 14.9. The quantitative estimate of drug-likeness (QED) is 0.619. The maximum Gasteiger partial charge on any atom is 0.102 e. The molecule has 4 heteroatoms. The average molecular weight is 164 g/mol. The molecule has 0 bridgehead atoms. The van der Waals surface area contributed by atoms with E-state index in [4.69, 9.17) is 0 Å². The summed E-state index contributed by atoms with van der Waals surface area (Å²) in [6.07, 6.45) is 6.97. The predicted octanol–water partition coefficient (Wildman–Crippen LogP) is 1.44. The number of aromatic nitrogens is 4. The van der Waals surface area contributed by atoms with E-state index in [-0.39, 0.29) is 0 Å². The van der Waals surface area contributed by atoms with Gasteiger partial charge in [0.1, 0.15) is 5.82 Å². The molecule has 2 rings (SSSR count). The maximum atomic E-state index is 3.86. The minimum Gasteiger partial charge on any atom is -0.349 e. The van der Waals surface area contributed by atoms with E-state index >= 15 is 0 Å². The Morgan fingerprint density at radius 3 is 2.25 bits per heavy atom. The number of imidazole rings is 2. The van der Waals surface area contributed by atoms with Gasteiger partial charge in [-0.3, -0.25) is 0 Å². The van der Waals surface area contributed by atoms with Crippen LogP contribution >= 0.6 is 0 Å². The fourth-order valence-electron chi connectivity index (χ4n) is 0.670. The lowest BCUT2D eigenvalue weighted by Gasteiger charge is -1.68. The summed E-state index contributed by atoms with van der Waals surface area (Å²) in [5, 5.41) is 0. The zero-order chi connectivity index (χ0) is 8.81. The van der Waals surface area contributed by atoms with Gasteiger partial charge in [-0.15, -0.1) is 0 Å². The lowest BCUT2D eigenvalue weighted by atomic mass is 10.6. The Bertz CT molecular complexity index is 250. The average Bonchev–Trinajstić information content (AvgIpc) is 2.63. The standard InChI is InChI=1S/2C4H6N2/c1-4-2-5-3-6-4;1-4-5-2-3-6-4/h2*2-3H,1H3,(H,5,6). The Morgan fingerprint density at radius 1 is 1.25 bits per heavy atom. The summed E-state index contributed by atoms with van der Waals surface area (Å²) < 4.78 is 0.